The molecule has 0 radical (unpaired) electrons. The number of likely N-dealkylation sites (tertiary alicyclic amines) is 1. The highest BCUT2D eigenvalue weighted by atomic mass is 32.2. The quantitative estimate of drug-likeness (QED) is 0.885. The van der Waals surface area contributed by atoms with Gasteiger partial charge >= 0.3 is 0 Å². The van der Waals surface area contributed by atoms with E-state index in [9.17, 15) is 22.0 Å². The van der Waals surface area contributed by atoms with E-state index in [1.54, 1.807) is 24.0 Å². The fraction of sp³-hybridized carbons (Fsp3) is 0.278. The third-order valence-electron chi connectivity index (χ3n) is 4.31. The van der Waals surface area contributed by atoms with Crippen molar-refractivity contribution in [3.63, 3.8) is 0 Å². The summed E-state index contributed by atoms with van der Waals surface area (Å²) in [6.45, 7) is 2.92. The minimum Gasteiger partial charge on any atom is -0.339 e. The van der Waals surface area contributed by atoms with Crippen molar-refractivity contribution >= 4 is 21.6 Å². The molecule has 1 aliphatic rings. The monoisotopic (exact) mass is 380 g/mol. The van der Waals surface area contributed by atoms with E-state index < -0.39 is 26.6 Å². The van der Waals surface area contributed by atoms with Gasteiger partial charge in [0.15, 0.2) is 0 Å². The number of benzene rings is 2. The van der Waals surface area contributed by atoms with Crippen molar-refractivity contribution < 1.29 is 22.0 Å². The van der Waals surface area contributed by atoms with Crippen molar-refractivity contribution in [3.8, 4) is 0 Å². The zero-order valence-electron chi connectivity index (χ0n) is 14.1. The predicted octanol–water partition coefficient (Wildman–Crippen LogP) is 3.31. The number of nitrogens with one attached hydrogen (secondary N) is 1. The number of carbonyl (C=O) groups is 1. The van der Waals surface area contributed by atoms with Crippen LogP contribution < -0.4 is 4.72 Å². The fourth-order valence-corrected chi connectivity index (χ4v) is 4.16. The van der Waals surface area contributed by atoms with Crippen LogP contribution in [0.2, 0.25) is 0 Å². The standard InChI is InChI=1S/C18H18F2N2O3S/c1-12-5-4-6-15(17(12)18(23)22-9-2-3-10-22)21-26(24,25)16-11-13(19)7-8-14(16)20/h4-8,11,21H,2-3,9-10H2,1H3. The Hall–Kier alpha value is -2.48. The highest BCUT2D eigenvalue weighted by molar-refractivity contribution is 7.92. The highest BCUT2D eigenvalue weighted by Crippen LogP contribution is 2.27. The van der Waals surface area contributed by atoms with Crippen LogP contribution in [0.3, 0.4) is 0 Å². The zero-order chi connectivity index (χ0) is 18.9. The van der Waals surface area contributed by atoms with Crippen molar-refractivity contribution in [3.05, 3.63) is 59.2 Å². The van der Waals surface area contributed by atoms with Gasteiger partial charge in [-0.3, -0.25) is 9.52 Å². The molecule has 26 heavy (non-hydrogen) atoms. The van der Waals surface area contributed by atoms with Crippen molar-refractivity contribution in [1.29, 1.82) is 0 Å². The second kappa shape index (κ2) is 7.03. The van der Waals surface area contributed by atoms with Crippen LogP contribution in [-0.2, 0) is 10.0 Å². The summed E-state index contributed by atoms with van der Waals surface area (Å²) in [5, 5.41) is 0. The van der Waals surface area contributed by atoms with Gasteiger partial charge in [-0.15, -0.1) is 0 Å². The summed E-state index contributed by atoms with van der Waals surface area (Å²) in [5.74, 6) is -2.22. The normalized spacial score (nSPS) is 14.5. The van der Waals surface area contributed by atoms with Gasteiger partial charge in [0.25, 0.3) is 15.9 Å². The summed E-state index contributed by atoms with van der Waals surface area (Å²) < 4.78 is 54.6. The smallest absolute Gasteiger partial charge is 0.264 e. The number of amides is 1. The molecule has 0 bridgehead atoms. The van der Waals surface area contributed by atoms with Gasteiger partial charge in [-0.25, -0.2) is 17.2 Å². The van der Waals surface area contributed by atoms with Crippen LogP contribution in [0.25, 0.3) is 0 Å². The first-order valence-corrected chi connectivity index (χ1v) is 9.64. The summed E-state index contributed by atoms with van der Waals surface area (Å²) in [6.07, 6.45) is 1.79. The summed E-state index contributed by atoms with van der Waals surface area (Å²) in [7, 11) is -4.40. The van der Waals surface area contributed by atoms with Crippen molar-refractivity contribution in [2.75, 3.05) is 17.8 Å². The number of rotatable bonds is 4. The Morgan fingerprint density at radius 2 is 1.81 bits per heavy atom. The number of hydrogen-bond donors (Lipinski definition) is 1. The Kier molecular flexibility index (Phi) is 4.95. The molecule has 1 saturated heterocycles. The molecule has 138 valence electrons. The molecule has 0 aromatic heterocycles. The molecule has 1 amide bonds. The van der Waals surface area contributed by atoms with E-state index in [-0.39, 0.29) is 17.2 Å². The van der Waals surface area contributed by atoms with Crippen LogP contribution in [0.5, 0.6) is 0 Å². The number of carbonyl (C=O) groups excluding carboxylic acids is 1. The van der Waals surface area contributed by atoms with Crippen LogP contribution in [0.1, 0.15) is 28.8 Å². The van der Waals surface area contributed by atoms with E-state index in [4.69, 9.17) is 0 Å². The maximum absolute atomic E-state index is 13.9. The van der Waals surface area contributed by atoms with Crippen LogP contribution in [0, 0.1) is 18.6 Å². The number of hydrogen-bond acceptors (Lipinski definition) is 3. The molecule has 3 rings (SSSR count). The minimum atomic E-state index is -4.40. The number of halogens is 2. The second-order valence-corrected chi connectivity index (χ2v) is 7.83. The van der Waals surface area contributed by atoms with E-state index in [1.165, 1.54) is 6.07 Å². The molecule has 5 nitrogen and oxygen atoms in total. The van der Waals surface area contributed by atoms with Crippen LogP contribution in [0.15, 0.2) is 41.3 Å². The second-order valence-electron chi connectivity index (χ2n) is 6.18. The summed E-state index contributed by atoms with van der Waals surface area (Å²) in [6, 6.07) is 6.92. The maximum Gasteiger partial charge on any atom is 0.264 e. The average Bonchev–Trinajstić information content (AvgIpc) is 3.11. The van der Waals surface area contributed by atoms with Gasteiger partial charge < -0.3 is 4.90 Å². The van der Waals surface area contributed by atoms with Gasteiger partial charge in [0.05, 0.1) is 11.3 Å². The largest absolute Gasteiger partial charge is 0.339 e. The lowest BCUT2D eigenvalue weighted by atomic mass is 10.1. The molecule has 1 aliphatic heterocycles. The molecule has 1 heterocycles. The highest BCUT2D eigenvalue weighted by Gasteiger charge is 2.27. The maximum atomic E-state index is 13.9. The molecule has 0 saturated carbocycles. The summed E-state index contributed by atoms with van der Waals surface area (Å²) >= 11 is 0. The van der Waals surface area contributed by atoms with Crippen LogP contribution >= 0.6 is 0 Å². The Bertz CT molecular complexity index is 955. The third-order valence-corrected chi connectivity index (χ3v) is 5.69. The SMILES string of the molecule is Cc1cccc(NS(=O)(=O)c2cc(F)ccc2F)c1C(=O)N1CCCC1. The number of nitrogens with zero attached hydrogens (tertiary/aromatic N) is 1. The zero-order valence-corrected chi connectivity index (χ0v) is 14.9. The van der Waals surface area contributed by atoms with Crippen molar-refractivity contribution in [2.45, 2.75) is 24.7 Å². The third kappa shape index (κ3) is 3.55. The van der Waals surface area contributed by atoms with E-state index in [2.05, 4.69) is 4.72 Å². The first-order valence-electron chi connectivity index (χ1n) is 8.16. The molecule has 1 fully saturated rings. The lowest BCUT2D eigenvalue weighted by molar-refractivity contribution is 0.0793. The molecule has 0 atom stereocenters. The first kappa shape index (κ1) is 18.3. The van der Waals surface area contributed by atoms with Gasteiger partial charge in [0.1, 0.15) is 16.5 Å². The van der Waals surface area contributed by atoms with Crippen molar-refractivity contribution in [1.82, 2.24) is 4.90 Å². The van der Waals surface area contributed by atoms with Gasteiger partial charge in [0, 0.05) is 13.1 Å². The van der Waals surface area contributed by atoms with Crippen LogP contribution in [-0.4, -0.2) is 32.3 Å². The minimum absolute atomic E-state index is 0.0468. The Labute approximate surface area is 150 Å². The van der Waals surface area contributed by atoms with E-state index >= 15 is 0 Å². The lowest BCUT2D eigenvalue weighted by Gasteiger charge is -2.20. The molecule has 0 spiro atoms. The Balaban J connectivity index is 2.01. The lowest BCUT2D eigenvalue weighted by Crippen LogP contribution is -2.29. The fourth-order valence-electron chi connectivity index (χ4n) is 3.00. The molecule has 8 heteroatoms. The van der Waals surface area contributed by atoms with E-state index in [1.807, 2.05) is 0 Å². The molecule has 2 aromatic rings. The predicted molar refractivity (Wildman–Crippen MR) is 93.5 cm³/mol. The molecule has 0 aliphatic carbocycles. The molecule has 0 unspecified atom stereocenters. The Morgan fingerprint density at radius 3 is 2.50 bits per heavy atom. The average molecular weight is 380 g/mol. The van der Waals surface area contributed by atoms with Gasteiger partial charge in [-0.05, 0) is 49.6 Å². The summed E-state index contributed by atoms with van der Waals surface area (Å²) in [4.78, 5) is 13.6. The number of sulfonamides is 1. The van der Waals surface area contributed by atoms with Gasteiger partial charge in [-0.2, -0.15) is 0 Å². The summed E-state index contributed by atoms with van der Waals surface area (Å²) in [5.41, 5.74) is 0.863. The Morgan fingerprint density at radius 1 is 1.12 bits per heavy atom. The van der Waals surface area contributed by atoms with Gasteiger partial charge in [0.2, 0.25) is 0 Å². The van der Waals surface area contributed by atoms with Crippen LogP contribution in [0.4, 0.5) is 14.5 Å². The van der Waals surface area contributed by atoms with Crippen molar-refractivity contribution in [2.24, 2.45) is 0 Å². The number of aryl methyl sites for hydroxylation is 1. The molecule has 1 N–H and O–H groups in total. The molecular weight excluding hydrogens is 362 g/mol. The van der Waals surface area contributed by atoms with Gasteiger partial charge in [-0.1, -0.05) is 12.1 Å². The first-order chi connectivity index (χ1) is 12.3. The van der Waals surface area contributed by atoms with E-state index in [0.29, 0.717) is 24.7 Å². The molecular formula is C18H18F2N2O3S. The number of anilines is 1. The van der Waals surface area contributed by atoms with E-state index in [0.717, 1.165) is 25.0 Å². The topological polar surface area (TPSA) is 66.5 Å². The molecule has 2 aromatic carbocycles.